The van der Waals surface area contributed by atoms with Gasteiger partial charge in [-0.1, -0.05) is 6.92 Å². The standard InChI is InChI=1S/C14H26O7/c1-2-3-19-8-12(16)14(18,5-11-7-21-11)13(17,9-15)4-10-6-20-10/h10-12,15-18H,2-9H2,1H3. The van der Waals surface area contributed by atoms with Crippen molar-refractivity contribution >= 4 is 0 Å². The Labute approximate surface area is 124 Å². The molecule has 21 heavy (non-hydrogen) atoms. The van der Waals surface area contributed by atoms with Gasteiger partial charge in [0.15, 0.2) is 0 Å². The Morgan fingerprint density at radius 3 is 2.24 bits per heavy atom. The van der Waals surface area contributed by atoms with E-state index in [0.717, 1.165) is 6.42 Å². The van der Waals surface area contributed by atoms with Crippen molar-refractivity contribution in [3.63, 3.8) is 0 Å². The summed E-state index contributed by atoms with van der Waals surface area (Å²) in [4.78, 5) is 0. The maximum Gasteiger partial charge on any atom is 0.126 e. The van der Waals surface area contributed by atoms with Crippen molar-refractivity contribution in [3.05, 3.63) is 0 Å². The van der Waals surface area contributed by atoms with Gasteiger partial charge in [0.05, 0.1) is 38.6 Å². The lowest BCUT2D eigenvalue weighted by Gasteiger charge is -2.45. The lowest BCUT2D eigenvalue weighted by atomic mass is 9.73. The lowest BCUT2D eigenvalue weighted by molar-refractivity contribution is -0.234. The van der Waals surface area contributed by atoms with Gasteiger partial charge in [-0.25, -0.2) is 0 Å². The molecule has 0 aromatic carbocycles. The van der Waals surface area contributed by atoms with Gasteiger partial charge in [-0.15, -0.1) is 0 Å². The second-order valence-corrected chi connectivity index (χ2v) is 6.02. The van der Waals surface area contributed by atoms with Gasteiger partial charge >= 0.3 is 0 Å². The highest BCUT2D eigenvalue weighted by molar-refractivity contribution is 5.08. The van der Waals surface area contributed by atoms with Crippen molar-refractivity contribution in [2.75, 3.05) is 33.0 Å². The second kappa shape index (κ2) is 6.87. The number of ether oxygens (including phenoxy) is 3. The molecular weight excluding hydrogens is 280 g/mol. The van der Waals surface area contributed by atoms with Gasteiger partial charge < -0.3 is 34.6 Å². The average molecular weight is 306 g/mol. The Morgan fingerprint density at radius 1 is 1.19 bits per heavy atom. The van der Waals surface area contributed by atoms with Crippen LogP contribution in [0.15, 0.2) is 0 Å². The van der Waals surface area contributed by atoms with E-state index in [2.05, 4.69) is 0 Å². The Hall–Kier alpha value is -0.280. The van der Waals surface area contributed by atoms with E-state index in [1.54, 1.807) is 0 Å². The highest BCUT2D eigenvalue weighted by Crippen LogP contribution is 2.39. The first-order valence-corrected chi connectivity index (χ1v) is 7.50. The van der Waals surface area contributed by atoms with Crippen LogP contribution in [-0.2, 0) is 14.2 Å². The zero-order valence-electron chi connectivity index (χ0n) is 12.4. The first kappa shape index (κ1) is 17.1. The molecule has 0 spiro atoms. The van der Waals surface area contributed by atoms with Gasteiger partial charge in [-0.3, -0.25) is 0 Å². The smallest absolute Gasteiger partial charge is 0.126 e. The third-order valence-corrected chi connectivity index (χ3v) is 4.15. The van der Waals surface area contributed by atoms with Crippen LogP contribution in [0.5, 0.6) is 0 Å². The van der Waals surface area contributed by atoms with Gasteiger partial charge in [0.2, 0.25) is 0 Å². The van der Waals surface area contributed by atoms with Crippen LogP contribution in [-0.4, -0.2) is 83.0 Å². The molecular formula is C14H26O7. The zero-order chi connectivity index (χ0) is 15.5. The molecule has 7 heteroatoms. The number of rotatable bonds is 11. The van der Waals surface area contributed by atoms with Gasteiger partial charge in [-0.2, -0.15) is 0 Å². The second-order valence-electron chi connectivity index (χ2n) is 6.02. The Bertz CT molecular complexity index is 331. The minimum absolute atomic E-state index is 0.0490. The molecule has 0 amide bonds. The van der Waals surface area contributed by atoms with Crippen molar-refractivity contribution in [1.29, 1.82) is 0 Å². The average Bonchev–Trinajstić information content (AvgIpc) is 3.35. The summed E-state index contributed by atoms with van der Waals surface area (Å²) in [7, 11) is 0. The summed E-state index contributed by atoms with van der Waals surface area (Å²) in [6.07, 6.45) is -0.821. The number of aliphatic hydroxyl groups is 4. The molecule has 5 unspecified atom stereocenters. The first-order chi connectivity index (χ1) is 9.95. The molecule has 0 aromatic heterocycles. The predicted octanol–water partition coefficient (Wildman–Crippen LogP) is -1.19. The van der Waals surface area contributed by atoms with Gasteiger partial charge in [0, 0.05) is 19.4 Å². The van der Waals surface area contributed by atoms with Crippen LogP contribution in [0, 0.1) is 0 Å². The van der Waals surface area contributed by atoms with E-state index in [-0.39, 0.29) is 31.7 Å². The molecule has 124 valence electrons. The predicted molar refractivity (Wildman–Crippen MR) is 72.8 cm³/mol. The Balaban J connectivity index is 2.08. The third kappa shape index (κ3) is 4.13. The number of hydrogen-bond donors (Lipinski definition) is 4. The van der Waals surface area contributed by atoms with Crippen LogP contribution in [0.25, 0.3) is 0 Å². The summed E-state index contributed by atoms with van der Waals surface area (Å²) in [6, 6.07) is 0. The number of hydrogen-bond acceptors (Lipinski definition) is 7. The van der Waals surface area contributed by atoms with Crippen molar-refractivity contribution in [2.24, 2.45) is 0 Å². The topological polar surface area (TPSA) is 115 Å². The lowest BCUT2D eigenvalue weighted by Crippen LogP contribution is -2.65. The number of epoxide rings is 2. The highest BCUT2D eigenvalue weighted by atomic mass is 16.6. The van der Waals surface area contributed by atoms with E-state index < -0.39 is 23.9 Å². The first-order valence-electron chi connectivity index (χ1n) is 7.50. The monoisotopic (exact) mass is 306 g/mol. The van der Waals surface area contributed by atoms with Gasteiger partial charge in [-0.05, 0) is 6.42 Å². The maximum atomic E-state index is 10.9. The van der Waals surface area contributed by atoms with E-state index in [4.69, 9.17) is 14.2 Å². The van der Waals surface area contributed by atoms with Gasteiger partial charge in [0.25, 0.3) is 0 Å². The van der Waals surface area contributed by atoms with E-state index >= 15 is 0 Å². The molecule has 0 aliphatic carbocycles. The molecule has 7 nitrogen and oxygen atoms in total. The van der Waals surface area contributed by atoms with Crippen LogP contribution in [0.1, 0.15) is 26.2 Å². The van der Waals surface area contributed by atoms with Crippen molar-refractivity contribution < 1.29 is 34.6 Å². The summed E-state index contributed by atoms with van der Waals surface area (Å²) < 4.78 is 15.5. The molecule has 0 bridgehead atoms. The molecule has 2 rings (SSSR count). The van der Waals surface area contributed by atoms with Crippen molar-refractivity contribution in [3.8, 4) is 0 Å². The van der Waals surface area contributed by atoms with Crippen LogP contribution < -0.4 is 0 Å². The summed E-state index contributed by atoms with van der Waals surface area (Å²) in [5.74, 6) is 0. The maximum absolute atomic E-state index is 10.9. The van der Waals surface area contributed by atoms with Crippen molar-refractivity contribution in [1.82, 2.24) is 0 Å². The fraction of sp³-hybridized carbons (Fsp3) is 1.00. The molecule has 0 radical (unpaired) electrons. The summed E-state index contributed by atoms with van der Waals surface area (Å²) in [5.41, 5.74) is -3.75. The minimum Gasteiger partial charge on any atom is -0.393 e. The van der Waals surface area contributed by atoms with Crippen LogP contribution >= 0.6 is 0 Å². The fourth-order valence-corrected chi connectivity index (χ4v) is 2.59. The molecule has 2 saturated heterocycles. The van der Waals surface area contributed by atoms with Gasteiger partial charge in [0.1, 0.15) is 17.3 Å². The number of aliphatic hydroxyl groups excluding tert-OH is 2. The molecule has 2 fully saturated rings. The molecule has 5 atom stereocenters. The van der Waals surface area contributed by atoms with E-state index in [0.29, 0.717) is 19.8 Å². The van der Waals surface area contributed by atoms with E-state index in [1.165, 1.54) is 0 Å². The van der Waals surface area contributed by atoms with Crippen LogP contribution in [0.4, 0.5) is 0 Å². The van der Waals surface area contributed by atoms with Crippen LogP contribution in [0.3, 0.4) is 0 Å². The highest BCUT2D eigenvalue weighted by Gasteiger charge is 2.57. The van der Waals surface area contributed by atoms with E-state index in [9.17, 15) is 20.4 Å². The van der Waals surface area contributed by atoms with Crippen molar-refractivity contribution in [2.45, 2.75) is 55.7 Å². The SMILES string of the molecule is CCCOCC(O)C(O)(CC1CO1)C(O)(CO)CC1CO1. The Kier molecular flexibility index (Phi) is 5.59. The molecule has 0 aromatic rings. The molecule has 4 N–H and O–H groups in total. The molecule has 2 aliphatic rings. The largest absolute Gasteiger partial charge is 0.393 e. The summed E-state index contributed by atoms with van der Waals surface area (Å²) in [6.45, 7) is 2.58. The normalized spacial score (nSPS) is 31.3. The molecule has 0 saturated carbocycles. The Morgan fingerprint density at radius 2 is 1.76 bits per heavy atom. The quantitative estimate of drug-likeness (QED) is 0.280. The summed E-state index contributed by atoms with van der Waals surface area (Å²) >= 11 is 0. The molecule has 2 aliphatic heterocycles. The summed E-state index contributed by atoms with van der Waals surface area (Å²) in [5, 5.41) is 41.5. The van der Waals surface area contributed by atoms with E-state index in [1.807, 2.05) is 6.92 Å². The van der Waals surface area contributed by atoms with Crippen LogP contribution in [0.2, 0.25) is 0 Å². The molecule has 2 heterocycles. The minimum atomic E-state index is -1.90. The fourth-order valence-electron chi connectivity index (χ4n) is 2.59. The third-order valence-electron chi connectivity index (χ3n) is 4.15. The zero-order valence-corrected chi connectivity index (χ0v) is 12.4.